The highest BCUT2D eigenvalue weighted by Crippen LogP contribution is 2.34. The molecule has 1 fully saturated rings. The zero-order valence-corrected chi connectivity index (χ0v) is 13.0. The molecule has 21 heavy (non-hydrogen) atoms. The number of ether oxygens (including phenoxy) is 1. The van der Waals surface area contributed by atoms with Crippen molar-refractivity contribution >= 4 is 17.3 Å². The summed E-state index contributed by atoms with van der Waals surface area (Å²) in [6.07, 6.45) is 7.31. The Balaban J connectivity index is 0.000000235. The highest BCUT2D eigenvalue weighted by Gasteiger charge is 2.19. The van der Waals surface area contributed by atoms with Crippen LogP contribution in [0.4, 0.5) is 15.8 Å². The van der Waals surface area contributed by atoms with Crippen molar-refractivity contribution < 1.29 is 13.9 Å². The van der Waals surface area contributed by atoms with E-state index in [0.717, 1.165) is 19.2 Å². The third-order valence-electron chi connectivity index (χ3n) is 3.79. The van der Waals surface area contributed by atoms with Gasteiger partial charge in [0, 0.05) is 0 Å². The minimum atomic E-state index is -0.774. The number of methoxy groups -OCH3 is 1. The molecule has 2 rings (SSSR count). The number of nitrogen functional groups attached to an aromatic ring is 2. The lowest BCUT2D eigenvalue weighted by Gasteiger charge is -2.28. The summed E-state index contributed by atoms with van der Waals surface area (Å²) in [5, 5.41) is 0. The van der Waals surface area contributed by atoms with E-state index >= 15 is 0 Å². The van der Waals surface area contributed by atoms with Crippen LogP contribution in [-0.2, 0) is 4.74 Å². The van der Waals surface area contributed by atoms with Gasteiger partial charge < -0.3 is 16.2 Å². The molecule has 0 atom stereocenters. The third-order valence-corrected chi connectivity index (χ3v) is 3.79. The number of carbonyl (C=O) groups excluding carboxylic acids is 1. The highest BCUT2D eigenvalue weighted by molar-refractivity contribution is 5.92. The molecule has 4 N–H and O–H groups in total. The third kappa shape index (κ3) is 5.25. The fourth-order valence-corrected chi connectivity index (χ4v) is 2.38. The van der Waals surface area contributed by atoms with Crippen LogP contribution in [-0.4, -0.2) is 13.1 Å². The molecule has 118 valence electrons. The molecule has 0 bridgehead atoms. The molecule has 0 spiro atoms. The number of nitrogens with two attached hydrogens (primary N) is 2. The van der Waals surface area contributed by atoms with Gasteiger partial charge >= 0.3 is 5.97 Å². The summed E-state index contributed by atoms with van der Waals surface area (Å²) in [5.74, 6) is -1.51. The smallest absolute Gasteiger partial charge is 0.340 e. The van der Waals surface area contributed by atoms with Gasteiger partial charge in [-0.1, -0.05) is 33.1 Å². The largest absolute Gasteiger partial charge is 0.465 e. The summed E-state index contributed by atoms with van der Waals surface area (Å²) in [4.78, 5) is 10.9. The van der Waals surface area contributed by atoms with Gasteiger partial charge in [-0.3, -0.25) is 0 Å². The van der Waals surface area contributed by atoms with Gasteiger partial charge in [-0.25, -0.2) is 9.18 Å². The Morgan fingerprint density at radius 1 is 1.14 bits per heavy atom. The fourth-order valence-electron chi connectivity index (χ4n) is 2.38. The van der Waals surface area contributed by atoms with E-state index in [0.29, 0.717) is 5.41 Å². The Bertz CT molecular complexity index is 493. The average molecular weight is 296 g/mol. The van der Waals surface area contributed by atoms with Gasteiger partial charge in [0.05, 0.1) is 24.0 Å². The predicted octanol–water partition coefficient (Wildman–Crippen LogP) is 3.75. The van der Waals surface area contributed by atoms with E-state index in [-0.39, 0.29) is 16.9 Å². The highest BCUT2D eigenvalue weighted by atomic mass is 19.1. The van der Waals surface area contributed by atoms with Crippen LogP contribution in [0.1, 0.15) is 56.3 Å². The maximum absolute atomic E-state index is 13.0. The number of esters is 1. The van der Waals surface area contributed by atoms with Crippen molar-refractivity contribution in [2.24, 2.45) is 5.41 Å². The van der Waals surface area contributed by atoms with Crippen molar-refractivity contribution in [3.63, 3.8) is 0 Å². The van der Waals surface area contributed by atoms with Crippen molar-refractivity contribution in [3.05, 3.63) is 23.5 Å². The van der Waals surface area contributed by atoms with E-state index in [1.807, 2.05) is 0 Å². The molecule has 0 aromatic heterocycles. The number of hydrogen-bond donors (Lipinski definition) is 2. The molecule has 0 heterocycles. The van der Waals surface area contributed by atoms with Gasteiger partial charge in [-0.05, 0) is 30.4 Å². The summed E-state index contributed by atoms with van der Waals surface area (Å²) < 4.78 is 17.4. The first kappa shape index (κ1) is 17.3. The molecule has 0 aliphatic heterocycles. The van der Waals surface area contributed by atoms with Crippen LogP contribution in [0.15, 0.2) is 12.1 Å². The predicted molar refractivity (Wildman–Crippen MR) is 83.4 cm³/mol. The average Bonchev–Trinajstić information content (AvgIpc) is 2.42. The van der Waals surface area contributed by atoms with E-state index in [1.165, 1.54) is 32.1 Å². The SMILES string of the molecule is CC1(C)CCCCC1.COC(=O)c1cc(N)c(N)cc1F. The Kier molecular flexibility index (Phi) is 6.00. The van der Waals surface area contributed by atoms with E-state index in [9.17, 15) is 9.18 Å². The minimum absolute atomic E-state index is 0.102. The number of benzene rings is 1. The Morgan fingerprint density at radius 3 is 2.10 bits per heavy atom. The standard InChI is InChI=1S/C8H9FN2O2.C8H16/c1-13-8(12)4-2-6(10)7(11)3-5(4)9;1-8(2)6-4-3-5-7-8/h2-3H,10-11H2,1H3;3-7H2,1-2H3. The Morgan fingerprint density at radius 2 is 1.67 bits per heavy atom. The first-order valence-corrected chi connectivity index (χ1v) is 7.19. The van der Waals surface area contributed by atoms with Gasteiger partial charge in [-0.15, -0.1) is 0 Å². The second-order valence-corrected chi connectivity index (χ2v) is 6.18. The second kappa shape index (κ2) is 7.29. The lowest BCUT2D eigenvalue weighted by Crippen LogP contribution is -2.14. The van der Waals surface area contributed by atoms with Crippen molar-refractivity contribution in [2.45, 2.75) is 46.0 Å². The molecule has 1 aliphatic carbocycles. The fraction of sp³-hybridized carbons (Fsp3) is 0.562. The molecule has 0 amide bonds. The van der Waals surface area contributed by atoms with Crippen LogP contribution in [0.25, 0.3) is 0 Å². The number of halogens is 1. The molecule has 0 radical (unpaired) electrons. The molecule has 1 saturated carbocycles. The van der Waals surface area contributed by atoms with E-state index in [2.05, 4.69) is 18.6 Å². The Labute approximate surface area is 125 Å². The maximum atomic E-state index is 13.0. The molecular weight excluding hydrogens is 271 g/mol. The molecule has 1 aromatic carbocycles. The van der Waals surface area contributed by atoms with Crippen LogP contribution in [0, 0.1) is 11.2 Å². The number of hydrogen-bond acceptors (Lipinski definition) is 4. The molecule has 1 aliphatic rings. The van der Waals surface area contributed by atoms with Crippen molar-refractivity contribution in [1.29, 1.82) is 0 Å². The second-order valence-electron chi connectivity index (χ2n) is 6.18. The van der Waals surface area contributed by atoms with Gasteiger partial charge in [-0.2, -0.15) is 0 Å². The zero-order valence-electron chi connectivity index (χ0n) is 13.0. The van der Waals surface area contributed by atoms with Gasteiger partial charge in [0.1, 0.15) is 5.82 Å². The van der Waals surface area contributed by atoms with E-state index in [1.54, 1.807) is 0 Å². The van der Waals surface area contributed by atoms with Gasteiger partial charge in [0.25, 0.3) is 0 Å². The van der Waals surface area contributed by atoms with Crippen LogP contribution >= 0.6 is 0 Å². The molecule has 0 unspecified atom stereocenters. The quantitative estimate of drug-likeness (QED) is 0.611. The van der Waals surface area contributed by atoms with Crippen LogP contribution < -0.4 is 11.5 Å². The first-order chi connectivity index (χ1) is 9.76. The lowest BCUT2D eigenvalue weighted by atomic mass is 9.78. The molecule has 5 heteroatoms. The number of carbonyl (C=O) groups is 1. The maximum Gasteiger partial charge on any atom is 0.340 e. The van der Waals surface area contributed by atoms with E-state index in [4.69, 9.17) is 11.5 Å². The molecular formula is C16H25FN2O2. The van der Waals surface area contributed by atoms with Gasteiger partial charge in [0.2, 0.25) is 0 Å². The van der Waals surface area contributed by atoms with Crippen LogP contribution in [0.3, 0.4) is 0 Å². The summed E-state index contributed by atoms with van der Waals surface area (Å²) in [6, 6.07) is 2.14. The zero-order chi connectivity index (χ0) is 16.0. The van der Waals surface area contributed by atoms with E-state index < -0.39 is 11.8 Å². The minimum Gasteiger partial charge on any atom is -0.465 e. The monoisotopic (exact) mass is 296 g/mol. The number of rotatable bonds is 1. The molecule has 1 aromatic rings. The van der Waals surface area contributed by atoms with Crippen molar-refractivity contribution in [1.82, 2.24) is 0 Å². The normalized spacial score (nSPS) is 16.6. The number of anilines is 2. The van der Waals surface area contributed by atoms with Crippen LogP contribution in [0.5, 0.6) is 0 Å². The lowest BCUT2D eigenvalue weighted by molar-refractivity contribution is 0.0595. The molecule has 4 nitrogen and oxygen atoms in total. The topological polar surface area (TPSA) is 78.3 Å². The van der Waals surface area contributed by atoms with Gasteiger partial charge in [0.15, 0.2) is 0 Å². The summed E-state index contributed by atoms with van der Waals surface area (Å²) in [7, 11) is 1.16. The summed E-state index contributed by atoms with van der Waals surface area (Å²) in [5.41, 5.74) is 11.4. The van der Waals surface area contributed by atoms with Crippen LogP contribution in [0.2, 0.25) is 0 Å². The Hall–Kier alpha value is -1.78. The van der Waals surface area contributed by atoms with Crippen molar-refractivity contribution in [3.8, 4) is 0 Å². The van der Waals surface area contributed by atoms with Crippen molar-refractivity contribution in [2.75, 3.05) is 18.6 Å². The molecule has 0 saturated heterocycles. The summed E-state index contributed by atoms with van der Waals surface area (Å²) >= 11 is 0. The summed E-state index contributed by atoms with van der Waals surface area (Å²) in [6.45, 7) is 4.76. The first-order valence-electron chi connectivity index (χ1n) is 7.19.